The van der Waals surface area contributed by atoms with E-state index in [1.165, 1.54) is 13.1 Å². The molecule has 0 amide bonds. The summed E-state index contributed by atoms with van der Waals surface area (Å²) in [5.41, 5.74) is -1.12. The highest BCUT2D eigenvalue weighted by Crippen LogP contribution is 2.31. The van der Waals surface area contributed by atoms with Crippen LogP contribution < -0.4 is 14.9 Å². The summed E-state index contributed by atoms with van der Waals surface area (Å²) < 4.78 is 68.5. The molecule has 0 unspecified atom stereocenters. The van der Waals surface area contributed by atoms with E-state index in [1.54, 1.807) is 0 Å². The van der Waals surface area contributed by atoms with Gasteiger partial charge in [0.1, 0.15) is 11.5 Å². The molecule has 0 saturated carbocycles. The van der Waals surface area contributed by atoms with Crippen molar-refractivity contribution >= 4 is 22.6 Å². The first-order valence-corrected chi connectivity index (χ1v) is 8.31. The molecule has 2 aromatic rings. The van der Waals surface area contributed by atoms with Crippen LogP contribution in [0.5, 0.6) is 11.5 Å². The molecule has 0 aliphatic heterocycles. The molecule has 3 N–H and O–H groups in total. The van der Waals surface area contributed by atoms with Crippen molar-refractivity contribution in [3.63, 3.8) is 0 Å². The van der Waals surface area contributed by atoms with Crippen LogP contribution in [0.1, 0.15) is 5.56 Å². The van der Waals surface area contributed by atoms with Crippen LogP contribution in [-0.2, 0) is 16.2 Å². The van der Waals surface area contributed by atoms with Crippen LogP contribution in [0.2, 0.25) is 0 Å². The molecule has 0 atom stereocenters. The van der Waals surface area contributed by atoms with Crippen molar-refractivity contribution in [1.29, 1.82) is 0 Å². The van der Waals surface area contributed by atoms with E-state index in [9.17, 15) is 31.6 Å². The van der Waals surface area contributed by atoms with Gasteiger partial charge in [-0.3, -0.25) is 0 Å². The predicted molar refractivity (Wildman–Crippen MR) is 84.0 cm³/mol. The van der Waals surface area contributed by atoms with Crippen LogP contribution in [0, 0.1) is 0 Å². The van der Waals surface area contributed by atoms with Crippen LogP contribution in [0.3, 0.4) is 0 Å². The predicted octanol–water partition coefficient (Wildman–Crippen LogP) is 1.09. The number of nitrogens with one attached hydrogen (secondary N) is 1. The molecule has 6 nitrogen and oxygen atoms in total. The van der Waals surface area contributed by atoms with Gasteiger partial charge in [0, 0.05) is 5.46 Å². The van der Waals surface area contributed by atoms with E-state index in [-0.39, 0.29) is 21.9 Å². The number of hydrogen-bond acceptors (Lipinski definition) is 5. The van der Waals surface area contributed by atoms with Crippen LogP contribution in [-0.4, -0.2) is 32.6 Å². The summed E-state index contributed by atoms with van der Waals surface area (Å²) >= 11 is 0. The van der Waals surface area contributed by atoms with Gasteiger partial charge in [-0.15, -0.1) is 0 Å². The highest BCUT2D eigenvalue weighted by molar-refractivity contribution is 7.89. The fourth-order valence-electron chi connectivity index (χ4n) is 1.95. The maximum absolute atomic E-state index is 12.5. The topological polar surface area (TPSA) is 95.9 Å². The summed E-state index contributed by atoms with van der Waals surface area (Å²) in [5.74, 6) is -0.0936. The van der Waals surface area contributed by atoms with Gasteiger partial charge < -0.3 is 14.8 Å². The van der Waals surface area contributed by atoms with Gasteiger partial charge in [0.25, 0.3) is 0 Å². The Bertz CT molecular complexity index is 854. The van der Waals surface area contributed by atoms with E-state index < -0.39 is 28.9 Å². The number of alkyl halides is 3. The average molecular weight is 375 g/mol. The monoisotopic (exact) mass is 375 g/mol. The van der Waals surface area contributed by atoms with Crippen molar-refractivity contribution in [2.75, 3.05) is 7.05 Å². The van der Waals surface area contributed by atoms with E-state index in [1.807, 2.05) is 0 Å². The SMILES string of the molecule is CNS(=O)(=O)c1ccc(Oc2ccc(C(F)(F)F)cc2)c(B(O)O)c1. The smallest absolute Gasteiger partial charge is 0.458 e. The minimum absolute atomic E-state index is 0.0131. The largest absolute Gasteiger partial charge is 0.492 e. The molecule has 2 aromatic carbocycles. The third kappa shape index (κ3) is 4.51. The second-order valence-electron chi connectivity index (χ2n) is 4.91. The molecule has 134 valence electrons. The zero-order valence-corrected chi connectivity index (χ0v) is 13.6. The lowest BCUT2D eigenvalue weighted by Gasteiger charge is -2.13. The van der Waals surface area contributed by atoms with Crippen molar-refractivity contribution < 1.29 is 36.4 Å². The van der Waals surface area contributed by atoms with Gasteiger partial charge in [0.2, 0.25) is 10.0 Å². The summed E-state index contributed by atoms with van der Waals surface area (Å²) in [6, 6.07) is 7.08. The fraction of sp³-hybridized carbons (Fsp3) is 0.143. The molecule has 0 saturated heterocycles. The fourth-order valence-corrected chi connectivity index (χ4v) is 2.71. The quantitative estimate of drug-likeness (QED) is 0.680. The van der Waals surface area contributed by atoms with Crippen molar-refractivity contribution in [1.82, 2.24) is 4.72 Å². The highest BCUT2D eigenvalue weighted by Gasteiger charge is 2.30. The third-order valence-corrected chi connectivity index (χ3v) is 4.66. The van der Waals surface area contributed by atoms with Crippen LogP contribution >= 0.6 is 0 Å². The molecule has 0 aliphatic rings. The maximum Gasteiger partial charge on any atom is 0.492 e. The first-order chi connectivity index (χ1) is 11.5. The zero-order valence-electron chi connectivity index (χ0n) is 12.8. The van der Waals surface area contributed by atoms with Gasteiger partial charge in [-0.25, -0.2) is 13.1 Å². The molecule has 0 aromatic heterocycles. The number of halogens is 3. The van der Waals surface area contributed by atoms with Gasteiger partial charge in [-0.05, 0) is 49.5 Å². The summed E-state index contributed by atoms with van der Waals surface area (Å²) in [6.07, 6.45) is -4.49. The van der Waals surface area contributed by atoms with Gasteiger partial charge in [-0.2, -0.15) is 13.2 Å². The molecule has 0 bridgehead atoms. The van der Waals surface area contributed by atoms with E-state index in [0.717, 1.165) is 36.4 Å². The Morgan fingerprint density at radius 2 is 1.68 bits per heavy atom. The lowest BCUT2D eigenvalue weighted by molar-refractivity contribution is -0.137. The number of benzene rings is 2. The van der Waals surface area contributed by atoms with Crippen molar-refractivity contribution in [3.8, 4) is 11.5 Å². The number of hydrogen-bond donors (Lipinski definition) is 3. The Kier molecular flexibility index (Phi) is 5.42. The number of ether oxygens (including phenoxy) is 1. The minimum Gasteiger partial charge on any atom is -0.458 e. The van der Waals surface area contributed by atoms with Crippen molar-refractivity contribution in [2.24, 2.45) is 0 Å². The molecule has 25 heavy (non-hydrogen) atoms. The second kappa shape index (κ2) is 7.04. The van der Waals surface area contributed by atoms with Crippen LogP contribution in [0.4, 0.5) is 13.2 Å². The molecule has 0 heterocycles. The molecule has 0 aliphatic carbocycles. The van der Waals surface area contributed by atoms with Gasteiger partial charge in [-0.1, -0.05) is 0 Å². The Morgan fingerprint density at radius 1 is 1.08 bits per heavy atom. The van der Waals surface area contributed by atoms with E-state index in [0.29, 0.717) is 0 Å². The zero-order chi connectivity index (χ0) is 18.8. The number of rotatable bonds is 5. The Hall–Kier alpha value is -2.08. The Morgan fingerprint density at radius 3 is 2.16 bits per heavy atom. The third-order valence-electron chi connectivity index (χ3n) is 3.25. The van der Waals surface area contributed by atoms with Crippen LogP contribution in [0.15, 0.2) is 47.4 Å². The molecule has 2 rings (SSSR count). The molecule has 0 fully saturated rings. The second-order valence-corrected chi connectivity index (χ2v) is 6.79. The first kappa shape index (κ1) is 19.3. The standard InChI is InChI=1S/C14H13BF3NO5S/c1-19-25(22,23)11-6-7-13(12(8-11)15(20)21)24-10-4-2-9(3-5-10)14(16,17)18/h2-8,19-21H,1H3. The molecular weight excluding hydrogens is 362 g/mol. The Balaban J connectivity index is 2.36. The lowest BCUT2D eigenvalue weighted by Crippen LogP contribution is -2.32. The summed E-state index contributed by atoms with van der Waals surface area (Å²) in [6.45, 7) is 0. The molecule has 0 radical (unpaired) electrons. The summed E-state index contributed by atoms with van der Waals surface area (Å²) in [5, 5.41) is 18.8. The minimum atomic E-state index is -4.49. The summed E-state index contributed by atoms with van der Waals surface area (Å²) in [7, 11) is -4.67. The average Bonchev–Trinajstić information content (AvgIpc) is 2.54. The van der Waals surface area contributed by atoms with Gasteiger partial charge in [0.15, 0.2) is 0 Å². The summed E-state index contributed by atoms with van der Waals surface area (Å²) in [4.78, 5) is -0.224. The van der Waals surface area contributed by atoms with E-state index in [2.05, 4.69) is 4.72 Å². The van der Waals surface area contributed by atoms with E-state index >= 15 is 0 Å². The van der Waals surface area contributed by atoms with Gasteiger partial charge >= 0.3 is 13.3 Å². The van der Waals surface area contributed by atoms with Crippen molar-refractivity contribution in [3.05, 3.63) is 48.0 Å². The maximum atomic E-state index is 12.5. The molecular formula is C14H13BF3NO5S. The normalized spacial score (nSPS) is 12.1. The van der Waals surface area contributed by atoms with E-state index in [4.69, 9.17) is 4.74 Å². The molecule has 0 spiro atoms. The molecule has 11 heteroatoms. The Labute approximate surface area is 142 Å². The first-order valence-electron chi connectivity index (χ1n) is 6.83. The number of sulfonamides is 1. The van der Waals surface area contributed by atoms with Crippen LogP contribution in [0.25, 0.3) is 0 Å². The lowest BCUT2D eigenvalue weighted by atomic mass is 9.79. The highest BCUT2D eigenvalue weighted by atomic mass is 32.2. The van der Waals surface area contributed by atoms with Gasteiger partial charge in [0.05, 0.1) is 10.5 Å². The van der Waals surface area contributed by atoms with Crippen molar-refractivity contribution in [2.45, 2.75) is 11.1 Å².